The predicted molar refractivity (Wildman–Crippen MR) is 111 cm³/mol. The lowest BCUT2D eigenvalue weighted by Gasteiger charge is -2.28. The Morgan fingerprint density at radius 1 is 1.28 bits per heavy atom. The van der Waals surface area contributed by atoms with Crippen LogP contribution in [0.3, 0.4) is 0 Å². The summed E-state index contributed by atoms with van der Waals surface area (Å²) in [6, 6.07) is 5.70. The molecule has 1 aliphatic rings. The zero-order valence-corrected chi connectivity index (χ0v) is 17.0. The molecular weight excluding hydrogens is 368 g/mol. The third kappa shape index (κ3) is 5.19. The Hall–Kier alpha value is -3.21. The van der Waals surface area contributed by atoms with Crippen molar-refractivity contribution in [2.75, 3.05) is 10.6 Å². The SMILES string of the molecule is CC(=O)N[C@@H]1CCC[C@H](C(=O)Nc2cc3c(NC(C)C)nc(C#N)cc3cn2)C1. The Balaban J connectivity index is 1.80. The summed E-state index contributed by atoms with van der Waals surface area (Å²) in [5.41, 5.74) is 0.311. The second-order valence-corrected chi connectivity index (χ2v) is 7.81. The molecular formula is C21H26N6O2. The van der Waals surface area contributed by atoms with Crippen LogP contribution in [0.2, 0.25) is 0 Å². The van der Waals surface area contributed by atoms with Crippen molar-refractivity contribution in [3.05, 3.63) is 24.0 Å². The van der Waals surface area contributed by atoms with E-state index in [4.69, 9.17) is 0 Å². The smallest absolute Gasteiger partial charge is 0.228 e. The third-order valence-electron chi connectivity index (χ3n) is 4.96. The number of fused-ring (bicyclic) bond motifs is 1. The molecule has 0 aliphatic heterocycles. The average molecular weight is 394 g/mol. The van der Waals surface area contributed by atoms with Gasteiger partial charge < -0.3 is 16.0 Å². The van der Waals surface area contributed by atoms with E-state index in [-0.39, 0.29) is 29.8 Å². The fourth-order valence-corrected chi connectivity index (χ4v) is 3.73. The van der Waals surface area contributed by atoms with Gasteiger partial charge in [-0.2, -0.15) is 5.26 Å². The van der Waals surface area contributed by atoms with E-state index in [0.29, 0.717) is 23.8 Å². The van der Waals surface area contributed by atoms with Gasteiger partial charge in [-0.05, 0) is 45.2 Å². The minimum absolute atomic E-state index is 0.0389. The van der Waals surface area contributed by atoms with Crippen LogP contribution in [0.4, 0.5) is 11.6 Å². The van der Waals surface area contributed by atoms with Crippen LogP contribution in [-0.2, 0) is 9.59 Å². The van der Waals surface area contributed by atoms with Crippen LogP contribution in [0.1, 0.15) is 52.1 Å². The molecule has 1 aliphatic carbocycles. The van der Waals surface area contributed by atoms with E-state index in [0.717, 1.165) is 30.0 Å². The first kappa shape index (κ1) is 20.5. The molecule has 1 saturated carbocycles. The van der Waals surface area contributed by atoms with Gasteiger partial charge in [0.15, 0.2) is 0 Å². The standard InChI is InChI=1S/C21H26N6O2/c1-12(2)24-20-18-9-19(23-11-15(18)8-17(10-22)26-20)27-21(29)14-5-4-6-16(7-14)25-13(3)28/h8-9,11-12,14,16H,4-7H2,1-3H3,(H,24,26)(H,25,28)(H,23,27,29)/t14-,16+/m0/s1. The maximum Gasteiger partial charge on any atom is 0.228 e. The number of anilines is 2. The Morgan fingerprint density at radius 2 is 2.07 bits per heavy atom. The summed E-state index contributed by atoms with van der Waals surface area (Å²) in [5.74, 6) is 0.719. The molecule has 152 valence electrons. The predicted octanol–water partition coefficient (Wildman–Crippen LogP) is 2.96. The topological polar surface area (TPSA) is 120 Å². The maximum atomic E-state index is 12.8. The lowest BCUT2D eigenvalue weighted by atomic mass is 9.85. The largest absolute Gasteiger partial charge is 0.367 e. The molecule has 3 rings (SSSR count). The summed E-state index contributed by atoms with van der Waals surface area (Å²) in [6.45, 7) is 5.48. The molecule has 29 heavy (non-hydrogen) atoms. The van der Waals surface area contributed by atoms with Crippen LogP contribution in [0.15, 0.2) is 18.3 Å². The molecule has 0 unspecified atom stereocenters. The van der Waals surface area contributed by atoms with Crippen molar-refractivity contribution < 1.29 is 9.59 Å². The van der Waals surface area contributed by atoms with Gasteiger partial charge in [-0.3, -0.25) is 9.59 Å². The Labute approximate surface area is 170 Å². The highest BCUT2D eigenvalue weighted by molar-refractivity contribution is 5.97. The number of hydrogen-bond acceptors (Lipinski definition) is 6. The summed E-state index contributed by atoms with van der Waals surface area (Å²) in [5, 5.41) is 19.8. The molecule has 0 saturated heterocycles. The van der Waals surface area contributed by atoms with Gasteiger partial charge in [-0.25, -0.2) is 9.97 Å². The molecule has 3 N–H and O–H groups in total. The summed E-state index contributed by atoms with van der Waals surface area (Å²) < 4.78 is 0. The minimum Gasteiger partial charge on any atom is -0.367 e. The van der Waals surface area contributed by atoms with E-state index in [1.165, 1.54) is 6.92 Å². The number of nitriles is 1. The number of amides is 2. The molecule has 1 fully saturated rings. The number of nitrogens with zero attached hydrogens (tertiary/aromatic N) is 3. The zero-order chi connectivity index (χ0) is 21.0. The highest BCUT2D eigenvalue weighted by atomic mass is 16.2. The van der Waals surface area contributed by atoms with E-state index in [9.17, 15) is 14.9 Å². The molecule has 8 heteroatoms. The van der Waals surface area contributed by atoms with E-state index < -0.39 is 0 Å². The average Bonchev–Trinajstić information content (AvgIpc) is 2.67. The van der Waals surface area contributed by atoms with Crippen molar-refractivity contribution >= 4 is 34.2 Å². The van der Waals surface area contributed by atoms with Crippen molar-refractivity contribution in [1.29, 1.82) is 5.26 Å². The van der Waals surface area contributed by atoms with E-state index in [2.05, 4.69) is 32.0 Å². The molecule has 2 aromatic heterocycles. The summed E-state index contributed by atoms with van der Waals surface area (Å²) in [4.78, 5) is 32.8. The van der Waals surface area contributed by atoms with Crippen molar-refractivity contribution in [3.8, 4) is 6.07 Å². The summed E-state index contributed by atoms with van der Waals surface area (Å²) in [7, 11) is 0. The molecule has 0 spiro atoms. The first-order chi connectivity index (χ1) is 13.9. The van der Waals surface area contributed by atoms with Crippen molar-refractivity contribution in [2.24, 2.45) is 5.92 Å². The fraction of sp³-hybridized carbons (Fsp3) is 0.476. The van der Waals surface area contributed by atoms with Crippen LogP contribution >= 0.6 is 0 Å². The van der Waals surface area contributed by atoms with Crippen molar-refractivity contribution in [2.45, 2.75) is 58.5 Å². The lowest BCUT2D eigenvalue weighted by Crippen LogP contribution is -2.40. The first-order valence-electron chi connectivity index (χ1n) is 9.91. The van der Waals surface area contributed by atoms with Gasteiger partial charge in [0.25, 0.3) is 0 Å². The van der Waals surface area contributed by atoms with Gasteiger partial charge in [0, 0.05) is 41.9 Å². The first-order valence-corrected chi connectivity index (χ1v) is 9.91. The quantitative estimate of drug-likeness (QED) is 0.717. The number of aromatic nitrogens is 2. The zero-order valence-electron chi connectivity index (χ0n) is 17.0. The number of carbonyl (C=O) groups is 2. The minimum atomic E-state index is -0.162. The van der Waals surface area contributed by atoms with Crippen LogP contribution in [0.25, 0.3) is 10.8 Å². The highest BCUT2D eigenvalue weighted by Crippen LogP contribution is 2.28. The van der Waals surface area contributed by atoms with E-state index in [1.54, 1.807) is 18.3 Å². The summed E-state index contributed by atoms with van der Waals surface area (Å²) >= 11 is 0. The molecule has 2 heterocycles. The van der Waals surface area contributed by atoms with Crippen molar-refractivity contribution in [3.63, 3.8) is 0 Å². The Kier molecular flexibility index (Phi) is 6.27. The summed E-state index contributed by atoms with van der Waals surface area (Å²) in [6.07, 6.45) is 4.86. The molecule has 0 aromatic carbocycles. The Bertz CT molecular complexity index is 966. The fourth-order valence-electron chi connectivity index (χ4n) is 3.73. The van der Waals surface area contributed by atoms with Crippen molar-refractivity contribution in [1.82, 2.24) is 15.3 Å². The molecule has 2 aromatic rings. The normalized spacial score (nSPS) is 18.9. The molecule has 2 atom stereocenters. The maximum absolute atomic E-state index is 12.8. The second kappa shape index (κ2) is 8.86. The number of hydrogen-bond donors (Lipinski definition) is 3. The van der Waals surface area contributed by atoms with Gasteiger partial charge in [0.1, 0.15) is 23.4 Å². The highest BCUT2D eigenvalue weighted by Gasteiger charge is 2.28. The second-order valence-electron chi connectivity index (χ2n) is 7.81. The third-order valence-corrected chi connectivity index (χ3v) is 4.96. The Morgan fingerprint density at radius 3 is 2.76 bits per heavy atom. The molecule has 2 amide bonds. The number of nitrogens with one attached hydrogen (secondary N) is 3. The van der Waals surface area contributed by atoms with Crippen LogP contribution in [0.5, 0.6) is 0 Å². The lowest BCUT2D eigenvalue weighted by molar-refractivity contribution is -0.123. The molecule has 8 nitrogen and oxygen atoms in total. The van der Waals surface area contributed by atoms with E-state index >= 15 is 0 Å². The van der Waals surface area contributed by atoms with Gasteiger partial charge >= 0.3 is 0 Å². The van der Waals surface area contributed by atoms with E-state index in [1.807, 2.05) is 13.8 Å². The van der Waals surface area contributed by atoms with Gasteiger partial charge in [-0.1, -0.05) is 6.42 Å². The number of rotatable bonds is 5. The number of carbonyl (C=O) groups excluding carboxylic acids is 2. The van der Waals surface area contributed by atoms with Gasteiger partial charge in [0.2, 0.25) is 11.8 Å². The van der Waals surface area contributed by atoms with Crippen LogP contribution < -0.4 is 16.0 Å². The van der Waals surface area contributed by atoms with Crippen LogP contribution in [-0.4, -0.2) is 33.9 Å². The van der Waals surface area contributed by atoms with Gasteiger partial charge in [0.05, 0.1) is 0 Å². The number of pyridine rings is 2. The molecule has 0 radical (unpaired) electrons. The van der Waals surface area contributed by atoms with Crippen LogP contribution in [0, 0.1) is 17.2 Å². The van der Waals surface area contributed by atoms with Gasteiger partial charge in [-0.15, -0.1) is 0 Å². The monoisotopic (exact) mass is 394 g/mol. The molecule has 0 bridgehead atoms.